The van der Waals surface area contributed by atoms with Crippen molar-refractivity contribution < 1.29 is 14.3 Å². The van der Waals surface area contributed by atoms with E-state index in [4.69, 9.17) is 5.73 Å². The van der Waals surface area contributed by atoms with E-state index in [1.165, 1.54) is 12.1 Å². The van der Waals surface area contributed by atoms with Crippen molar-refractivity contribution in [1.29, 1.82) is 0 Å². The second-order valence-corrected chi connectivity index (χ2v) is 5.89. The van der Waals surface area contributed by atoms with Crippen molar-refractivity contribution in [3.05, 3.63) is 48.0 Å². The highest BCUT2D eigenvalue weighted by atomic mass is 35.5. The number of carbonyl (C=O) groups is 1. The maximum absolute atomic E-state index is 12.9. The summed E-state index contributed by atoms with van der Waals surface area (Å²) in [6.45, 7) is 0.349. The van der Waals surface area contributed by atoms with E-state index in [1.807, 2.05) is 0 Å². The zero-order chi connectivity index (χ0) is 16.4. The van der Waals surface area contributed by atoms with Crippen LogP contribution in [0.4, 0.5) is 4.39 Å². The first kappa shape index (κ1) is 18.4. The fourth-order valence-electron chi connectivity index (χ4n) is 2.78. The van der Waals surface area contributed by atoms with Crippen molar-refractivity contribution >= 4 is 18.3 Å². The summed E-state index contributed by atoms with van der Waals surface area (Å²) < 4.78 is 14.5. The number of nitrogens with one attached hydrogen (secondary N) is 1. The molecule has 3 atom stereocenters. The Morgan fingerprint density at radius 3 is 2.71 bits per heavy atom. The van der Waals surface area contributed by atoms with Crippen LogP contribution in [0.3, 0.4) is 0 Å². The van der Waals surface area contributed by atoms with Gasteiger partial charge in [0.1, 0.15) is 5.82 Å². The number of halogens is 2. The Morgan fingerprint density at radius 1 is 1.38 bits per heavy atom. The van der Waals surface area contributed by atoms with E-state index in [-0.39, 0.29) is 36.1 Å². The normalized spacial score (nSPS) is 22.9. The number of rotatable bonds is 4. The second-order valence-electron chi connectivity index (χ2n) is 5.89. The third kappa shape index (κ3) is 4.11. The average molecular weight is 355 g/mol. The number of aromatic nitrogens is 2. The molecule has 1 aliphatic rings. The van der Waals surface area contributed by atoms with Crippen molar-refractivity contribution in [3.8, 4) is 5.69 Å². The molecule has 1 amide bonds. The van der Waals surface area contributed by atoms with Gasteiger partial charge in [0.15, 0.2) is 0 Å². The highest BCUT2D eigenvalue weighted by Crippen LogP contribution is 2.24. The van der Waals surface area contributed by atoms with Gasteiger partial charge in [0.2, 0.25) is 5.91 Å². The van der Waals surface area contributed by atoms with E-state index in [0.29, 0.717) is 19.4 Å². The molecule has 130 valence electrons. The first-order valence-corrected chi connectivity index (χ1v) is 7.54. The standard InChI is InChI=1S/C16H19FN4O2.ClH/c17-12-1-3-13(4-2-12)21-9-10(8-20-21)7-19-16(23)11-5-14(18)15(22)6-11;/h1-4,8-9,11,14-15,22H,5-7,18H2,(H,19,23);1H/t11-,14-,15-;/m0./s1. The molecule has 0 aliphatic heterocycles. The minimum Gasteiger partial charge on any atom is -0.391 e. The molecule has 3 rings (SSSR count). The quantitative estimate of drug-likeness (QED) is 0.767. The zero-order valence-electron chi connectivity index (χ0n) is 12.9. The smallest absolute Gasteiger partial charge is 0.223 e. The van der Waals surface area contributed by atoms with E-state index < -0.39 is 6.10 Å². The molecule has 24 heavy (non-hydrogen) atoms. The molecular formula is C16H20ClFN4O2. The Bertz CT molecular complexity index is 682. The SMILES string of the molecule is Cl.N[C@H]1C[C@H](C(=O)NCc2cnn(-c3ccc(F)cc3)c2)C[C@@H]1O. The molecule has 1 aliphatic carbocycles. The predicted molar refractivity (Wildman–Crippen MR) is 89.3 cm³/mol. The minimum atomic E-state index is -0.605. The summed E-state index contributed by atoms with van der Waals surface area (Å²) in [6.07, 6.45) is 3.73. The maximum Gasteiger partial charge on any atom is 0.223 e. The summed E-state index contributed by atoms with van der Waals surface area (Å²) in [5.41, 5.74) is 7.30. The predicted octanol–water partition coefficient (Wildman–Crippen LogP) is 1.15. The van der Waals surface area contributed by atoms with Crippen LogP contribution in [-0.2, 0) is 11.3 Å². The highest BCUT2D eigenvalue weighted by molar-refractivity contribution is 5.85. The van der Waals surface area contributed by atoms with E-state index in [0.717, 1.165) is 11.3 Å². The summed E-state index contributed by atoms with van der Waals surface area (Å²) >= 11 is 0. The van der Waals surface area contributed by atoms with E-state index in [1.54, 1.807) is 29.2 Å². The third-order valence-corrected chi connectivity index (χ3v) is 4.14. The number of benzene rings is 1. The summed E-state index contributed by atoms with van der Waals surface area (Å²) in [6, 6.07) is 5.67. The van der Waals surface area contributed by atoms with Gasteiger partial charge in [0.25, 0.3) is 0 Å². The van der Waals surface area contributed by atoms with Crippen molar-refractivity contribution in [3.63, 3.8) is 0 Å². The van der Waals surface area contributed by atoms with Crippen molar-refractivity contribution in [1.82, 2.24) is 15.1 Å². The fraction of sp³-hybridized carbons (Fsp3) is 0.375. The van der Waals surface area contributed by atoms with Gasteiger partial charge in [-0.15, -0.1) is 12.4 Å². The Kier molecular flexibility index (Phi) is 5.93. The minimum absolute atomic E-state index is 0. The van der Waals surface area contributed by atoms with Crippen LogP contribution in [0, 0.1) is 11.7 Å². The van der Waals surface area contributed by atoms with E-state index in [2.05, 4.69) is 10.4 Å². The lowest BCUT2D eigenvalue weighted by molar-refractivity contribution is -0.125. The number of hydrogen-bond donors (Lipinski definition) is 3. The summed E-state index contributed by atoms with van der Waals surface area (Å²) in [5.74, 6) is -0.649. The van der Waals surface area contributed by atoms with Crippen molar-refractivity contribution in [2.75, 3.05) is 0 Å². The first-order valence-electron chi connectivity index (χ1n) is 7.54. The monoisotopic (exact) mass is 354 g/mol. The summed E-state index contributed by atoms with van der Waals surface area (Å²) in [7, 11) is 0. The number of nitrogens with zero attached hydrogens (tertiary/aromatic N) is 2. The molecule has 6 nitrogen and oxygen atoms in total. The molecule has 0 unspecified atom stereocenters. The number of amides is 1. The molecule has 8 heteroatoms. The lowest BCUT2D eigenvalue weighted by Gasteiger charge is -2.09. The summed E-state index contributed by atoms with van der Waals surface area (Å²) in [4.78, 5) is 12.1. The Balaban J connectivity index is 0.00000208. The van der Waals surface area contributed by atoms with Crippen molar-refractivity contribution in [2.45, 2.75) is 31.5 Å². The zero-order valence-corrected chi connectivity index (χ0v) is 13.7. The lowest BCUT2D eigenvalue weighted by Crippen LogP contribution is -2.30. The van der Waals surface area contributed by atoms with Gasteiger partial charge in [-0.1, -0.05) is 0 Å². The maximum atomic E-state index is 12.9. The van der Waals surface area contributed by atoms with Gasteiger partial charge in [-0.05, 0) is 37.1 Å². The van der Waals surface area contributed by atoms with Crippen LogP contribution >= 0.6 is 12.4 Å². The van der Waals surface area contributed by atoms with Gasteiger partial charge < -0.3 is 16.2 Å². The van der Waals surface area contributed by atoms with Crippen LogP contribution < -0.4 is 11.1 Å². The molecule has 2 aromatic rings. The van der Waals surface area contributed by atoms with Crippen LogP contribution in [-0.4, -0.2) is 32.9 Å². The van der Waals surface area contributed by atoms with Crippen LogP contribution in [0.5, 0.6) is 0 Å². The molecule has 1 aromatic carbocycles. The largest absolute Gasteiger partial charge is 0.391 e. The Hall–Kier alpha value is -1.96. The van der Waals surface area contributed by atoms with Crippen molar-refractivity contribution in [2.24, 2.45) is 11.7 Å². The molecule has 0 bridgehead atoms. The number of aliphatic hydroxyl groups is 1. The van der Waals surface area contributed by atoms with Gasteiger partial charge in [-0.2, -0.15) is 5.10 Å². The molecule has 4 N–H and O–H groups in total. The van der Waals surface area contributed by atoms with Crippen LogP contribution in [0.25, 0.3) is 5.69 Å². The number of nitrogens with two attached hydrogens (primary N) is 1. The number of hydrogen-bond acceptors (Lipinski definition) is 4. The van der Waals surface area contributed by atoms with E-state index in [9.17, 15) is 14.3 Å². The van der Waals surface area contributed by atoms with Gasteiger partial charge in [-0.25, -0.2) is 9.07 Å². The molecule has 1 saturated carbocycles. The fourth-order valence-corrected chi connectivity index (χ4v) is 2.78. The lowest BCUT2D eigenvalue weighted by atomic mass is 10.1. The van der Waals surface area contributed by atoms with Gasteiger partial charge in [0, 0.05) is 30.3 Å². The molecule has 1 fully saturated rings. The summed E-state index contributed by atoms with van der Waals surface area (Å²) in [5, 5.41) is 16.6. The molecule has 0 saturated heterocycles. The molecule has 0 radical (unpaired) electrons. The Labute approximate surface area is 145 Å². The van der Waals surface area contributed by atoms with Crippen LogP contribution in [0.15, 0.2) is 36.7 Å². The van der Waals surface area contributed by atoms with Gasteiger partial charge in [0.05, 0.1) is 18.0 Å². The highest BCUT2D eigenvalue weighted by Gasteiger charge is 2.34. The topological polar surface area (TPSA) is 93.2 Å². The van der Waals surface area contributed by atoms with Gasteiger partial charge >= 0.3 is 0 Å². The second kappa shape index (κ2) is 7.74. The molecule has 0 spiro atoms. The third-order valence-electron chi connectivity index (χ3n) is 4.14. The number of carbonyl (C=O) groups excluding carboxylic acids is 1. The molecular weight excluding hydrogens is 335 g/mol. The van der Waals surface area contributed by atoms with Gasteiger partial charge in [-0.3, -0.25) is 4.79 Å². The first-order chi connectivity index (χ1) is 11.0. The van der Waals surface area contributed by atoms with Crippen LogP contribution in [0.2, 0.25) is 0 Å². The van der Waals surface area contributed by atoms with Crippen LogP contribution in [0.1, 0.15) is 18.4 Å². The number of aliphatic hydroxyl groups excluding tert-OH is 1. The van der Waals surface area contributed by atoms with E-state index >= 15 is 0 Å². The Morgan fingerprint density at radius 2 is 2.08 bits per heavy atom. The molecule has 1 heterocycles. The average Bonchev–Trinajstić information content (AvgIpc) is 3.13. The molecule has 1 aromatic heterocycles.